The summed E-state index contributed by atoms with van der Waals surface area (Å²) in [7, 11) is 1.84. The van der Waals surface area contributed by atoms with Gasteiger partial charge in [0.1, 0.15) is 11.5 Å². The van der Waals surface area contributed by atoms with Gasteiger partial charge in [-0.25, -0.2) is 4.98 Å². The SMILES string of the molecule is Cn1cc(-c2ccc3cnc(NC(=O)C4C(C)(C)C4(C)C)cc3c2)nn1. The zero-order valence-corrected chi connectivity index (χ0v) is 15.7. The summed E-state index contributed by atoms with van der Waals surface area (Å²) in [6, 6.07) is 7.96. The Hall–Kier alpha value is -2.76. The molecule has 134 valence electrons. The van der Waals surface area contributed by atoms with Crippen molar-refractivity contribution in [2.45, 2.75) is 27.7 Å². The number of hydrogen-bond donors (Lipinski definition) is 1. The third kappa shape index (κ3) is 2.48. The number of benzene rings is 1. The fraction of sp³-hybridized carbons (Fsp3) is 0.400. The standard InChI is InChI=1S/C20H23N5O/c1-19(2)17(20(19,3)4)18(26)22-16-9-14-8-12(6-7-13(14)10-21-16)15-11-25(5)24-23-15/h6-11,17H,1-5H3,(H,21,22,26). The number of aromatic nitrogens is 4. The van der Waals surface area contributed by atoms with Gasteiger partial charge in [0.05, 0.1) is 6.20 Å². The molecule has 1 aromatic carbocycles. The summed E-state index contributed by atoms with van der Waals surface area (Å²) in [5.74, 6) is 0.618. The number of pyridine rings is 1. The highest BCUT2D eigenvalue weighted by atomic mass is 16.2. The molecule has 0 atom stereocenters. The minimum absolute atomic E-state index is 0.00146. The first-order valence-electron chi connectivity index (χ1n) is 8.77. The van der Waals surface area contributed by atoms with Gasteiger partial charge < -0.3 is 5.32 Å². The lowest BCUT2D eigenvalue weighted by atomic mass is 10.0. The van der Waals surface area contributed by atoms with Gasteiger partial charge in [0.2, 0.25) is 5.91 Å². The molecular formula is C20H23N5O. The Morgan fingerprint density at radius 3 is 2.46 bits per heavy atom. The van der Waals surface area contributed by atoms with Crippen molar-refractivity contribution in [2.75, 3.05) is 5.32 Å². The van der Waals surface area contributed by atoms with Gasteiger partial charge >= 0.3 is 0 Å². The summed E-state index contributed by atoms with van der Waals surface area (Å²) >= 11 is 0. The fourth-order valence-corrected chi connectivity index (χ4v) is 3.90. The van der Waals surface area contributed by atoms with E-state index in [0.29, 0.717) is 5.82 Å². The Bertz CT molecular complexity index is 1000. The summed E-state index contributed by atoms with van der Waals surface area (Å²) in [6.07, 6.45) is 3.66. The van der Waals surface area contributed by atoms with Gasteiger partial charge in [-0.2, -0.15) is 0 Å². The van der Waals surface area contributed by atoms with Crippen LogP contribution < -0.4 is 5.32 Å². The molecule has 3 aromatic rings. The molecule has 2 aromatic heterocycles. The molecule has 1 aliphatic rings. The summed E-state index contributed by atoms with van der Waals surface area (Å²) in [5.41, 5.74) is 1.82. The maximum Gasteiger partial charge on any atom is 0.229 e. The lowest BCUT2D eigenvalue weighted by molar-refractivity contribution is -0.118. The third-order valence-corrected chi connectivity index (χ3v) is 6.15. The van der Waals surface area contributed by atoms with Crippen LogP contribution >= 0.6 is 0 Å². The van der Waals surface area contributed by atoms with Gasteiger partial charge in [0, 0.05) is 30.1 Å². The average Bonchev–Trinajstić information content (AvgIpc) is 2.87. The second-order valence-corrected chi connectivity index (χ2v) is 8.27. The molecule has 0 saturated heterocycles. The Morgan fingerprint density at radius 1 is 1.12 bits per heavy atom. The van der Waals surface area contributed by atoms with E-state index in [0.717, 1.165) is 22.0 Å². The quantitative estimate of drug-likeness (QED) is 0.783. The van der Waals surface area contributed by atoms with Crippen molar-refractivity contribution < 1.29 is 4.79 Å². The van der Waals surface area contributed by atoms with Crippen LogP contribution in [0.15, 0.2) is 36.7 Å². The molecule has 1 aliphatic carbocycles. The zero-order chi connectivity index (χ0) is 18.7. The normalized spacial score (nSPS) is 18.0. The second kappa shape index (κ2) is 5.37. The smallest absolute Gasteiger partial charge is 0.229 e. The highest BCUT2D eigenvalue weighted by Gasteiger charge is 2.68. The van der Waals surface area contributed by atoms with Crippen LogP contribution in [-0.4, -0.2) is 25.9 Å². The fourth-order valence-electron chi connectivity index (χ4n) is 3.90. The summed E-state index contributed by atoms with van der Waals surface area (Å²) < 4.78 is 1.68. The number of amides is 1. The second-order valence-electron chi connectivity index (χ2n) is 8.27. The predicted octanol–water partition coefficient (Wildman–Crippen LogP) is 3.65. The Morgan fingerprint density at radius 2 is 1.85 bits per heavy atom. The summed E-state index contributed by atoms with van der Waals surface area (Å²) in [6.45, 7) is 8.55. The minimum atomic E-state index is -0.00146. The summed E-state index contributed by atoms with van der Waals surface area (Å²) in [4.78, 5) is 17.1. The van der Waals surface area contributed by atoms with Gasteiger partial charge in [0.15, 0.2) is 0 Å². The molecule has 0 radical (unpaired) electrons. The van der Waals surface area contributed by atoms with Gasteiger partial charge in [-0.3, -0.25) is 9.48 Å². The van der Waals surface area contributed by atoms with Gasteiger partial charge in [0.25, 0.3) is 0 Å². The molecule has 0 unspecified atom stereocenters. The van der Waals surface area contributed by atoms with Crippen LogP contribution in [0.1, 0.15) is 27.7 Å². The first kappa shape index (κ1) is 16.7. The number of fused-ring (bicyclic) bond motifs is 1. The van der Waals surface area contributed by atoms with Crippen LogP contribution in [-0.2, 0) is 11.8 Å². The number of hydrogen-bond acceptors (Lipinski definition) is 4. The number of aryl methyl sites for hydroxylation is 1. The average molecular weight is 349 g/mol. The number of anilines is 1. The number of nitrogens with zero attached hydrogens (tertiary/aromatic N) is 4. The van der Waals surface area contributed by atoms with E-state index in [1.165, 1.54) is 0 Å². The molecule has 0 aliphatic heterocycles. The summed E-state index contributed by atoms with van der Waals surface area (Å²) in [5, 5.41) is 13.1. The van der Waals surface area contributed by atoms with Crippen LogP contribution in [0.25, 0.3) is 22.0 Å². The van der Waals surface area contributed by atoms with Crippen LogP contribution in [0.2, 0.25) is 0 Å². The van der Waals surface area contributed by atoms with Gasteiger partial charge in [-0.1, -0.05) is 45.0 Å². The van der Waals surface area contributed by atoms with Crippen molar-refractivity contribution in [3.63, 3.8) is 0 Å². The van der Waals surface area contributed by atoms with Crippen LogP contribution in [0, 0.1) is 16.7 Å². The first-order valence-corrected chi connectivity index (χ1v) is 8.77. The van der Waals surface area contributed by atoms with Gasteiger partial charge in [-0.15, -0.1) is 5.10 Å². The molecule has 6 heteroatoms. The molecule has 1 fully saturated rings. The highest BCUT2D eigenvalue weighted by molar-refractivity contribution is 5.97. The number of carbonyl (C=O) groups excluding carboxylic acids is 1. The Balaban J connectivity index is 1.62. The van der Waals surface area contributed by atoms with Crippen molar-refractivity contribution in [2.24, 2.45) is 23.8 Å². The number of rotatable bonds is 3. The Kier molecular flexibility index (Phi) is 3.45. The van der Waals surface area contributed by atoms with Crippen molar-refractivity contribution in [3.8, 4) is 11.3 Å². The molecule has 26 heavy (non-hydrogen) atoms. The monoisotopic (exact) mass is 349 g/mol. The first-order chi connectivity index (χ1) is 12.2. The molecule has 1 amide bonds. The maximum absolute atomic E-state index is 12.7. The Labute approximate surface area is 152 Å². The maximum atomic E-state index is 12.7. The van der Waals surface area contributed by atoms with E-state index in [2.05, 4.69) is 48.3 Å². The molecular weight excluding hydrogens is 326 g/mol. The predicted molar refractivity (Wildman–Crippen MR) is 101 cm³/mol. The number of carbonyl (C=O) groups is 1. The van der Waals surface area contributed by atoms with E-state index in [4.69, 9.17) is 0 Å². The lowest BCUT2D eigenvalue weighted by Crippen LogP contribution is -2.18. The van der Waals surface area contributed by atoms with E-state index in [-0.39, 0.29) is 22.7 Å². The topological polar surface area (TPSA) is 72.7 Å². The van der Waals surface area contributed by atoms with Crippen LogP contribution in [0.3, 0.4) is 0 Å². The van der Waals surface area contributed by atoms with Crippen molar-refractivity contribution in [1.82, 2.24) is 20.0 Å². The molecule has 1 saturated carbocycles. The van der Waals surface area contributed by atoms with E-state index < -0.39 is 0 Å². The molecule has 6 nitrogen and oxygen atoms in total. The van der Waals surface area contributed by atoms with Crippen LogP contribution in [0.5, 0.6) is 0 Å². The van der Waals surface area contributed by atoms with E-state index in [9.17, 15) is 4.79 Å². The van der Waals surface area contributed by atoms with Crippen molar-refractivity contribution >= 4 is 22.5 Å². The van der Waals surface area contributed by atoms with E-state index in [1.54, 1.807) is 10.9 Å². The van der Waals surface area contributed by atoms with Crippen molar-refractivity contribution in [3.05, 3.63) is 36.7 Å². The lowest BCUT2D eigenvalue weighted by Gasteiger charge is -2.07. The van der Waals surface area contributed by atoms with Crippen LogP contribution in [0.4, 0.5) is 5.82 Å². The van der Waals surface area contributed by atoms with E-state index in [1.807, 2.05) is 37.5 Å². The largest absolute Gasteiger partial charge is 0.310 e. The number of nitrogens with one attached hydrogen (secondary N) is 1. The molecule has 0 bridgehead atoms. The molecule has 2 heterocycles. The molecule has 0 spiro atoms. The molecule has 4 rings (SSSR count). The highest BCUT2D eigenvalue weighted by Crippen LogP contribution is 2.68. The minimum Gasteiger partial charge on any atom is -0.310 e. The molecule has 1 N–H and O–H groups in total. The zero-order valence-electron chi connectivity index (χ0n) is 15.7. The third-order valence-electron chi connectivity index (χ3n) is 6.15. The van der Waals surface area contributed by atoms with Crippen molar-refractivity contribution in [1.29, 1.82) is 0 Å². The van der Waals surface area contributed by atoms with E-state index >= 15 is 0 Å². The van der Waals surface area contributed by atoms with Gasteiger partial charge in [-0.05, 0) is 28.3 Å².